The normalized spacial score (nSPS) is 11.2. The molecule has 0 saturated heterocycles. The summed E-state index contributed by atoms with van der Waals surface area (Å²) in [7, 11) is -0.236. The van der Waals surface area contributed by atoms with E-state index in [0.29, 0.717) is 28.4 Å². The van der Waals surface area contributed by atoms with E-state index in [-0.39, 0.29) is 16.0 Å². The third-order valence-corrected chi connectivity index (χ3v) is 6.44. The lowest BCUT2D eigenvalue weighted by molar-refractivity contribution is 0.415. The molecule has 0 radical (unpaired) electrons. The first-order chi connectivity index (χ1) is 16.3. The average Bonchev–Trinajstić information content (AvgIpc) is 2.87. The van der Waals surface area contributed by atoms with Crippen molar-refractivity contribution in [3.05, 3.63) is 84.9 Å². The molecular formula is C27H23O6S-. The first-order valence-electron chi connectivity index (χ1n) is 10.4. The number of rotatable bonds is 7. The summed E-state index contributed by atoms with van der Waals surface area (Å²) in [5.41, 5.74) is 3.19. The molecule has 0 aromatic heterocycles. The van der Waals surface area contributed by atoms with Gasteiger partial charge in [0.25, 0.3) is 0 Å². The highest BCUT2D eigenvalue weighted by atomic mass is 32.2. The van der Waals surface area contributed by atoms with Crippen LogP contribution in [-0.4, -0.2) is 34.3 Å². The maximum absolute atomic E-state index is 12.6. The molecule has 0 unspecified atom stereocenters. The Balaban J connectivity index is 2.11. The second-order valence-corrected chi connectivity index (χ2v) is 8.87. The molecule has 4 aromatic rings. The number of benzene rings is 4. The van der Waals surface area contributed by atoms with Crippen LogP contribution in [0.3, 0.4) is 0 Å². The highest BCUT2D eigenvalue weighted by Crippen LogP contribution is 2.41. The van der Waals surface area contributed by atoms with Gasteiger partial charge in [0.05, 0.1) is 26.2 Å². The van der Waals surface area contributed by atoms with Gasteiger partial charge < -0.3 is 18.8 Å². The monoisotopic (exact) mass is 475 g/mol. The van der Waals surface area contributed by atoms with Gasteiger partial charge in [-0.15, -0.1) is 0 Å². The van der Waals surface area contributed by atoms with Crippen molar-refractivity contribution in [1.82, 2.24) is 0 Å². The number of methoxy groups -OCH3 is 3. The number of ether oxygens (including phenoxy) is 3. The Hall–Kier alpha value is -3.81. The second kappa shape index (κ2) is 9.59. The molecule has 7 heteroatoms. The minimum atomic E-state index is -4.87. The summed E-state index contributed by atoms with van der Waals surface area (Å²) in [5, 5.41) is 0. The zero-order valence-corrected chi connectivity index (χ0v) is 19.8. The molecule has 4 rings (SSSR count). The second-order valence-electron chi connectivity index (χ2n) is 7.55. The molecule has 34 heavy (non-hydrogen) atoms. The van der Waals surface area contributed by atoms with Crippen molar-refractivity contribution in [2.24, 2.45) is 0 Å². The molecule has 0 fully saturated rings. The van der Waals surface area contributed by atoms with Crippen LogP contribution in [0.5, 0.6) is 17.2 Å². The van der Waals surface area contributed by atoms with Crippen LogP contribution in [0.4, 0.5) is 0 Å². The Labute approximate surface area is 199 Å². The lowest BCUT2D eigenvalue weighted by Gasteiger charge is -2.21. The van der Waals surface area contributed by atoms with Crippen molar-refractivity contribution >= 4 is 10.1 Å². The molecule has 4 aromatic carbocycles. The van der Waals surface area contributed by atoms with Crippen LogP contribution in [0.1, 0.15) is 0 Å². The van der Waals surface area contributed by atoms with Gasteiger partial charge in [0.1, 0.15) is 27.4 Å². The van der Waals surface area contributed by atoms with Gasteiger partial charge in [0.2, 0.25) is 0 Å². The zero-order chi connectivity index (χ0) is 24.3. The zero-order valence-electron chi connectivity index (χ0n) is 18.9. The van der Waals surface area contributed by atoms with Crippen molar-refractivity contribution < 1.29 is 27.2 Å². The van der Waals surface area contributed by atoms with Crippen LogP contribution in [0.2, 0.25) is 0 Å². The van der Waals surface area contributed by atoms with Gasteiger partial charge in [0.15, 0.2) is 0 Å². The Morgan fingerprint density at radius 1 is 0.559 bits per heavy atom. The van der Waals surface area contributed by atoms with E-state index < -0.39 is 10.1 Å². The van der Waals surface area contributed by atoms with E-state index in [1.54, 1.807) is 67.8 Å². The first-order valence-corrected chi connectivity index (χ1v) is 11.8. The van der Waals surface area contributed by atoms with Crippen LogP contribution in [0, 0.1) is 0 Å². The fourth-order valence-electron chi connectivity index (χ4n) is 3.88. The maximum Gasteiger partial charge on any atom is 0.125 e. The summed E-state index contributed by atoms with van der Waals surface area (Å²) in [6, 6.07) is 24.7. The summed E-state index contributed by atoms with van der Waals surface area (Å²) < 4.78 is 53.9. The molecule has 0 bridgehead atoms. The Bertz CT molecular complexity index is 1370. The first kappa shape index (κ1) is 23.4. The Morgan fingerprint density at radius 2 is 0.941 bits per heavy atom. The Kier molecular flexibility index (Phi) is 6.58. The molecule has 0 aliphatic heterocycles. The summed E-state index contributed by atoms with van der Waals surface area (Å²) in [6.07, 6.45) is 0. The standard InChI is InChI=1S/C27H24O6S/c1-31-22-10-4-7-18(13-22)21-16-25(19-8-5-11-23(14-19)32-2)27(34(28,29)30)26(17-21)20-9-6-12-24(15-20)33-3/h4-17H,1-3H3,(H,28,29,30)/p-1. The predicted octanol–water partition coefficient (Wildman–Crippen LogP) is 5.62. The molecule has 0 amide bonds. The molecule has 0 saturated carbocycles. The quantitative estimate of drug-likeness (QED) is 0.323. The molecule has 0 aliphatic rings. The van der Waals surface area contributed by atoms with Crippen LogP contribution in [-0.2, 0) is 10.1 Å². The summed E-state index contributed by atoms with van der Waals surface area (Å²) in [6.45, 7) is 0. The van der Waals surface area contributed by atoms with E-state index in [9.17, 15) is 13.0 Å². The largest absolute Gasteiger partial charge is 0.744 e. The molecule has 0 heterocycles. The molecule has 0 atom stereocenters. The van der Waals surface area contributed by atoms with Crippen molar-refractivity contribution in [2.75, 3.05) is 21.3 Å². The van der Waals surface area contributed by atoms with Gasteiger partial charge in [-0.25, -0.2) is 8.42 Å². The number of hydrogen-bond acceptors (Lipinski definition) is 6. The summed E-state index contributed by atoms with van der Waals surface area (Å²) in [4.78, 5) is -0.305. The molecule has 174 valence electrons. The summed E-state index contributed by atoms with van der Waals surface area (Å²) >= 11 is 0. The van der Waals surface area contributed by atoms with Gasteiger partial charge >= 0.3 is 0 Å². The van der Waals surface area contributed by atoms with Crippen molar-refractivity contribution in [2.45, 2.75) is 4.90 Å². The highest BCUT2D eigenvalue weighted by molar-refractivity contribution is 7.86. The molecular weight excluding hydrogens is 452 g/mol. The highest BCUT2D eigenvalue weighted by Gasteiger charge is 2.21. The summed E-state index contributed by atoms with van der Waals surface area (Å²) in [5.74, 6) is 1.74. The van der Waals surface area contributed by atoms with E-state index in [1.807, 2.05) is 24.3 Å². The van der Waals surface area contributed by atoms with E-state index in [1.165, 1.54) is 14.2 Å². The van der Waals surface area contributed by atoms with E-state index in [2.05, 4.69) is 0 Å². The van der Waals surface area contributed by atoms with Crippen molar-refractivity contribution in [3.8, 4) is 50.6 Å². The van der Waals surface area contributed by atoms with Crippen molar-refractivity contribution in [1.29, 1.82) is 0 Å². The van der Waals surface area contributed by atoms with Crippen LogP contribution < -0.4 is 14.2 Å². The third kappa shape index (κ3) is 4.76. The van der Waals surface area contributed by atoms with Gasteiger partial charge in [-0.1, -0.05) is 36.4 Å². The molecule has 6 nitrogen and oxygen atoms in total. The number of hydrogen-bond donors (Lipinski definition) is 0. The van der Waals surface area contributed by atoms with E-state index >= 15 is 0 Å². The predicted molar refractivity (Wildman–Crippen MR) is 130 cm³/mol. The van der Waals surface area contributed by atoms with Gasteiger partial charge in [-0.2, -0.15) is 0 Å². The minimum absolute atomic E-state index is 0.284. The fraction of sp³-hybridized carbons (Fsp3) is 0.111. The van der Waals surface area contributed by atoms with Gasteiger partial charge in [-0.05, 0) is 70.8 Å². The molecule has 0 spiro atoms. The minimum Gasteiger partial charge on any atom is -0.744 e. The van der Waals surface area contributed by atoms with Crippen LogP contribution in [0.25, 0.3) is 33.4 Å². The van der Waals surface area contributed by atoms with E-state index in [4.69, 9.17) is 14.2 Å². The van der Waals surface area contributed by atoms with Gasteiger partial charge in [-0.3, -0.25) is 0 Å². The lowest BCUT2D eigenvalue weighted by atomic mass is 9.93. The molecule has 0 aliphatic carbocycles. The van der Waals surface area contributed by atoms with Gasteiger partial charge in [0, 0.05) is 11.1 Å². The molecule has 0 N–H and O–H groups in total. The fourth-order valence-corrected chi connectivity index (χ4v) is 4.77. The van der Waals surface area contributed by atoms with Crippen LogP contribution >= 0.6 is 0 Å². The third-order valence-electron chi connectivity index (χ3n) is 5.50. The van der Waals surface area contributed by atoms with Crippen LogP contribution in [0.15, 0.2) is 89.8 Å². The average molecular weight is 476 g/mol. The Morgan fingerprint density at radius 3 is 1.32 bits per heavy atom. The lowest BCUT2D eigenvalue weighted by Crippen LogP contribution is -2.05. The SMILES string of the molecule is COc1cccc(-c2cc(-c3cccc(OC)c3)c(S(=O)(=O)[O-])c(-c3cccc(OC)c3)c2)c1. The smallest absolute Gasteiger partial charge is 0.125 e. The van der Waals surface area contributed by atoms with Crippen molar-refractivity contribution in [3.63, 3.8) is 0 Å². The topological polar surface area (TPSA) is 84.9 Å². The maximum atomic E-state index is 12.6. The van der Waals surface area contributed by atoms with E-state index in [0.717, 1.165) is 11.1 Å².